The average Bonchev–Trinajstić information content (AvgIpc) is 3.32. The van der Waals surface area contributed by atoms with Gasteiger partial charge in [-0.25, -0.2) is 0 Å². The van der Waals surface area contributed by atoms with Crippen LogP contribution in [0.3, 0.4) is 0 Å². The van der Waals surface area contributed by atoms with Crippen molar-refractivity contribution in [3.05, 3.63) is 88.3 Å². The highest BCUT2D eigenvalue weighted by Crippen LogP contribution is 2.33. The lowest BCUT2D eigenvalue weighted by Crippen LogP contribution is -2.41. The molecule has 5 nitrogen and oxygen atoms in total. The molecular formula is C26H22ClF3N2O3. The number of carbonyl (C=O) groups is 2. The number of alkyl halides is 3. The summed E-state index contributed by atoms with van der Waals surface area (Å²) in [4.78, 5) is 27.7. The Morgan fingerprint density at radius 3 is 2.37 bits per heavy atom. The Balaban J connectivity index is 1.63. The fourth-order valence-corrected chi connectivity index (χ4v) is 3.92. The molecular weight excluding hydrogens is 481 g/mol. The number of piperidine rings is 1. The summed E-state index contributed by atoms with van der Waals surface area (Å²) in [5.41, 5.74) is -0.221. The molecule has 0 spiro atoms. The molecule has 0 bridgehead atoms. The number of rotatable bonds is 5. The number of furan rings is 1. The molecule has 0 radical (unpaired) electrons. The van der Waals surface area contributed by atoms with Crippen LogP contribution in [0.2, 0.25) is 5.02 Å². The highest BCUT2D eigenvalue weighted by Gasteiger charge is 2.30. The van der Waals surface area contributed by atoms with Crippen LogP contribution in [0.1, 0.15) is 40.9 Å². The first kappa shape index (κ1) is 24.6. The van der Waals surface area contributed by atoms with E-state index in [0.29, 0.717) is 23.7 Å². The van der Waals surface area contributed by atoms with Gasteiger partial charge < -0.3 is 14.6 Å². The Hall–Kier alpha value is -3.52. The summed E-state index contributed by atoms with van der Waals surface area (Å²) in [6.07, 6.45) is -0.332. The van der Waals surface area contributed by atoms with Gasteiger partial charge in [0.15, 0.2) is 0 Å². The van der Waals surface area contributed by atoms with Gasteiger partial charge in [-0.15, -0.1) is 0 Å². The van der Waals surface area contributed by atoms with Gasteiger partial charge in [-0.05, 0) is 67.8 Å². The molecule has 1 aliphatic heterocycles. The van der Waals surface area contributed by atoms with Crippen molar-refractivity contribution in [3.63, 3.8) is 0 Å². The molecule has 0 unspecified atom stereocenters. The fourth-order valence-electron chi connectivity index (χ4n) is 3.79. The van der Waals surface area contributed by atoms with E-state index in [1.807, 2.05) is 0 Å². The number of nitrogens with zero attached hydrogens (tertiary/aromatic N) is 1. The lowest BCUT2D eigenvalue weighted by molar-refractivity contribution is -0.137. The molecule has 2 amide bonds. The zero-order chi connectivity index (χ0) is 25.0. The molecule has 1 aromatic heterocycles. The van der Waals surface area contributed by atoms with Crippen molar-refractivity contribution < 1.29 is 27.2 Å². The van der Waals surface area contributed by atoms with Crippen LogP contribution >= 0.6 is 11.6 Å². The van der Waals surface area contributed by atoms with E-state index in [4.69, 9.17) is 16.0 Å². The van der Waals surface area contributed by atoms with E-state index in [2.05, 4.69) is 5.32 Å². The Kier molecular flexibility index (Phi) is 7.31. The Morgan fingerprint density at radius 1 is 0.971 bits per heavy atom. The van der Waals surface area contributed by atoms with Crippen LogP contribution in [0.15, 0.2) is 70.8 Å². The third kappa shape index (κ3) is 6.14. The average molecular weight is 503 g/mol. The van der Waals surface area contributed by atoms with Crippen molar-refractivity contribution in [1.29, 1.82) is 0 Å². The second-order valence-corrected chi connectivity index (χ2v) is 8.59. The largest absolute Gasteiger partial charge is 0.457 e. The molecule has 9 heteroatoms. The topological polar surface area (TPSA) is 62.6 Å². The first-order valence-corrected chi connectivity index (χ1v) is 11.4. The predicted octanol–water partition coefficient (Wildman–Crippen LogP) is 6.40. The molecule has 2 aromatic carbocycles. The molecule has 1 N–H and O–H groups in total. The molecule has 2 heterocycles. The molecule has 0 aliphatic carbocycles. The van der Waals surface area contributed by atoms with Crippen molar-refractivity contribution >= 4 is 29.5 Å². The second kappa shape index (κ2) is 10.4. The van der Waals surface area contributed by atoms with Gasteiger partial charge in [0, 0.05) is 35.3 Å². The second-order valence-electron chi connectivity index (χ2n) is 8.15. The quantitative estimate of drug-likeness (QED) is 0.410. The fraction of sp³-hybridized carbons (Fsp3) is 0.231. The van der Waals surface area contributed by atoms with Crippen molar-refractivity contribution in [3.8, 4) is 11.3 Å². The summed E-state index contributed by atoms with van der Waals surface area (Å²) in [5.74, 6) is -0.433. The Bertz CT molecular complexity index is 1240. The molecule has 3 aromatic rings. The van der Waals surface area contributed by atoms with E-state index < -0.39 is 17.6 Å². The van der Waals surface area contributed by atoms with Crippen molar-refractivity contribution in [2.24, 2.45) is 0 Å². The van der Waals surface area contributed by atoms with Gasteiger partial charge in [0.1, 0.15) is 17.2 Å². The minimum atomic E-state index is -4.48. The minimum absolute atomic E-state index is 0.0109. The number of benzene rings is 2. The van der Waals surface area contributed by atoms with Gasteiger partial charge in [-0.1, -0.05) is 23.7 Å². The SMILES string of the molecule is O=C(NC(=Cc1ccc(-c2cccc(C(F)(F)F)c2)o1)C(=O)N1CCCCC1)c1ccc(Cl)cc1. The molecule has 0 atom stereocenters. The van der Waals surface area contributed by atoms with Gasteiger partial charge in [-0.2, -0.15) is 13.2 Å². The summed E-state index contributed by atoms with van der Waals surface area (Å²) in [6.45, 7) is 1.14. The van der Waals surface area contributed by atoms with Gasteiger partial charge in [0.05, 0.1) is 5.56 Å². The molecule has 0 saturated carbocycles. The van der Waals surface area contributed by atoms with E-state index in [1.165, 1.54) is 30.3 Å². The Morgan fingerprint density at radius 2 is 1.69 bits per heavy atom. The number of hydrogen-bond acceptors (Lipinski definition) is 3. The molecule has 1 aliphatic rings. The molecule has 1 saturated heterocycles. The first-order valence-electron chi connectivity index (χ1n) is 11.1. The maximum absolute atomic E-state index is 13.2. The van der Waals surface area contributed by atoms with Crippen molar-refractivity contribution in [2.45, 2.75) is 25.4 Å². The number of carbonyl (C=O) groups excluding carboxylic acids is 2. The lowest BCUT2D eigenvalue weighted by Gasteiger charge is -2.27. The number of nitrogens with one attached hydrogen (secondary N) is 1. The Labute approximate surface area is 205 Å². The van der Waals surface area contributed by atoms with Gasteiger partial charge in [0.2, 0.25) is 0 Å². The zero-order valence-electron chi connectivity index (χ0n) is 18.6. The number of likely N-dealkylation sites (tertiary alicyclic amines) is 1. The lowest BCUT2D eigenvalue weighted by atomic mass is 10.1. The maximum Gasteiger partial charge on any atom is 0.416 e. The van der Waals surface area contributed by atoms with Crippen LogP contribution in [0, 0.1) is 0 Å². The van der Waals surface area contributed by atoms with Gasteiger partial charge in [0.25, 0.3) is 11.8 Å². The highest BCUT2D eigenvalue weighted by atomic mass is 35.5. The molecule has 1 fully saturated rings. The summed E-state index contributed by atoms with van der Waals surface area (Å²) >= 11 is 5.89. The highest BCUT2D eigenvalue weighted by molar-refractivity contribution is 6.30. The summed E-state index contributed by atoms with van der Waals surface area (Å²) in [5, 5.41) is 3.13. The number of hydrogen-bond donors (Lipinski definition) is 1. The van der Waals surface area contributed by atoms with Crippen LogP contribution < -0.4 is 5.32 Å². The van der Waals surface area contributed by atoms with Crippen LogP contribution in [0.4, 0.5) is 13.2 Å². The first-order chi connectivity index (χ1) is 16.7. The van der Waals surface area contributed by atoms with Gasteiger partial charge >= 0.3 is 6.18 Å². The normalized spacial score (nSPS) is 14.6. The minimum Gasteiger partial charge on any atom is -0.457 e. The third-order valence-corrected chi connectivity index (χ3v) is 5.87. The smallest absolute Gasteiger partial charge is 0.416 e. The van der Waals surface area contributed by atoms with Crippen molar-refractivity contribution in [2.75, 3.05) is 13.1 Å². The van der Waals surface area contributed by atoms with E-state index in [1.54, 1.807) is 29.2 Å². The van der Waals surface area contributed by atoms with Crippen LogP contribution in [0.25, 0.3) is 17.4 Å². The standard InChI is InChI=1S/C26H22ClF3N2O3/c27-20-9-7-17(8-10-20)24(33)31-22(25(34)32-13-2-1-3-14-32)16-21-11-12-23(35-21)18-5-4-6-19(15-18)26(28,29)30/h4-12,15-16H,1-3,13-14H2,(H,31,33). The molecule has 35 heavy (non-hydrogen) atoms. The summed E-state index contributed by atoms with van der Waals surface area (Å²) in [7, 11) is 0. The van der Waals surface area contributed by atoms with Crippen LogP contribution in [-0.2, 0) is 11.0 Å². The van der Waals surface area contributed by atoms with E-state index in [-0.39, 0.29) is 28.7 Å². The summed E-state index contributed by atoms with van der Waals surface area (Å²) in [6, 6.07) is 14.1. The number of halogens is 4. The molecule has 182 valence electrons. The van der Waals surface area contributed by atoms with E-state index >= 15 is 0 Å². The van der Waals surface area contributed by atoms with E-state index in [9.17, 15) is 22.8 Å². The van der Waals surface area contributed by atoms with Crippen LogP contribution in [-0.4, -0.2) is 29.8 Å². The van der Waals surface area contributed by atoms with Crippen molar-refractivity contribution in [1.82, 2.24) is 10.2 Å². The zero-order valence-corrected chi connectivity index (χ0v) is 19.3. The predicted molar refractivity (Wildman–Crippen MR) is 126 cm³/mol. The van der Waals surface area contributed by atoms with E-state index in [0.717, 1.165) is 31.4 Å². The van der Waals surface area contributed by atoms with Gasteiger partial charge in [-0.3, -0.25) is 9.59 Å². The number of amides is 2. The monoisotopic (exact) mass is 502 g/mol. The molecule has 4 rings (SSSR count). The maximum atomic E-state index is 13.2. The third-order valence-electron chi connectivity index (χ3n) is 5.62. The van der Waals surface area contributed by atoms with Crippen LogP contribution in [0.5, 0.6) is 0 Å². The summed E-state index contributed by atoms with van der Waals surface area (Å²) < 4.78 is 45.0.